The second-order valence-electron chi connectivity index (χ2n) is 7.88. The molecule has 166 valence electrons. The summed E-state index contributed by atoms with van der Waals surface area (Å²) >= 11 is 0. The Hall–Kier alpha value is -4.26. The molecule has 4 rings (SSSR count). The van der Waals surface area contributed by atoms with Crippen molar-refractivity contribution in [3.63, 3.8) is 0 Å². The lowest BCUT2D eigenvalue weighted by Crippen LogP contribution is -2.33. The molecule has 1 aliphatic rings. The first kappa shape index (κ1) is 22.0. The molecule has 0 aliphatic carbocycles. The normalized spacial score (nSPS) is 13.5. The third-order valence-electron chi connectivity index (χ3n) is 5.35. The van der Waals surface area contributed by atoms with Crippen LogP contribution in [0, 0.1) is 0 Å². The molecular formula is C26H24N4O3. The van der Waals surface area contributed by atoms with E-state index < -0.39 is 0 Å². The molecule has 0 fully saturated rings. The molecule has 2 aromatic carbocycles. The van der Waals surface area contributed by atoms with E-state index in [0.29, 0.717) is 29.1 Å². The Morgan fingerprint density at radius 1 is 0.939 bits per heavy atom. The van der Waals surface area contributed by atoms with Gasteiger partial charge in [0.05, 0.1) is 12.1 Å². The monoisotopic (exact) mass is 440 g/mol. The topological polar surface area (TPSA) is 82.6 Å². The first-order valence-electron chi connectivity index (χ1n) is 10.6. The number of nitrogens with zero attached hydrogens (tertiary/aromatic N) is 3. The molecule has 7 nitrogen and oxygen atoms in total. The van der Waals surface area contributed by atoms with E-state index in [9.17, 15) is 14.4 Å². The maximum atomic E-state index is 13.5. The van der Waals surface area contributed by atoms with Crippen LogP contribution in [-0.2, 0) is 27.5 Å². The number of likely N-dealkylation sites (N-methyl/N-ethyl adjacent to an activating group) is 1. The lowest BCUT2D eigenvalue weighted by Gasteiger charge is -2.21. The summed E-state index contributed by atoms with van der Waals surface area (Å²) in [5, 5.41) is 2.72. The van der Waals surface area contributed by atoms with Crippen LogP contribution >= 0.6 is 0 Å². The highest BCUT2D eigenvalue weighted by Crippen LogP contribution is 2.33. The summed E-state index contributed by atoms with van der Waals surface area (Å²) in [5.74, 6) is -0.880. The van der Waals surface area contributed by atoms with Gasteiger partial charge in [-0.2, -0.15) is 0 Å². The minimum atomic E-state index is -0.356. The second kappa shape index (κ2) is 9.48. The number of aromatic nitrogens is 1. The summed E-state index contributed by atoms with van der Waals surface area (Å²) in [6.45, 7) is 2.05. The Bertz CT molecular complexity index is 1210. The van der Waals surface area contributed by atoms with Crippen LogP contribution in [0.4, 0.5) is 5.69 Å². The van der Waals surface area contributed by atoms with Gasteiger partial charge in [0.25, 0.3) is 11.8 Å². The third kappa shape index (κ3) is 4.82. The minimum absolute atomic E-state index is 0.141. The predicted molar refractivity (Wildman–Crippen MR) is 125 cm³/mol. The van der Waals surface area contributed by atoms with Crippen molar-refractivity contribution >= 4 is 29.0 Å². The van der Waals surface area contributed by atoms with Gasteiger partial charge in [0.15, 0.2) is 0 Å². The van der Waals surface area contributed by atoms with Gasteiger partial charge in [-0.25, -0.2) is 0 Å². The molecular weight excluding hydrogens is 416 g/mol. The minimum Gasteiger partial charge on any atom is -0.365 e. The SMILES string of the molecule is CC(=O)Nc1ccc(C2=C(N(C)Cc3ccccc3)C(=O)N(Cc3cccnc3)C2=O)cc1. The number of benzene rings is 2. The number of carbonyl (C=O) groups excluding carboxylic acids is 3. The Balaban J connectivity index is 1.71. The second-order valence-corrected chi connectivity index (χ2v) is 7.88. The number of rotatable bonds is 7. The van der Waals surface area contributed by atoms with E-state index in [1.165, 1.54) is 11.8 Å². The first-order chi connectivity index (χ1) is 15.9. The van der Waals surface area contributed by atoms with E-state index in [2.05, 4.69) is 10.3 Å². The van der Waals surface area contributed by atoms with Gasteiger partial charge in [0, 0.05) is 38.6 Å². The van der Waals surface area contributed by atoms with Gasteiger partial charge in [-0.3, -0.25) is 24.3 Å². The number of nitrogens with one attached hydrogen (secondary N) is 1. The van der Waals surface area contributed by atoms with Crippen LogP contribution in [0.25, 0.3) is 5.57 Å². The Morgan fingerprint density at radius 3 is 2.27 bits per heavy atom. The number of hydrogen-bond acceptors (Lipinski definition) is 5. The maximum Gasteiger partial charge on any atom is 0.278 e. The molecule has 1 aliphatic heterocycles. The van der Waals surface area contributed by atoms with Crippen molar-refractivity contribution in [2.45, 2.75) is 20.0 Å². The molecule has 1 aromatic heterocycles. The molecule has 2 heterocycles. The lowest BCUT2D eigenvalue weighted by molar-refractivity contribution is -0.138. The number of hydrogen-bond donors (Lipinski definition) is 1. The van der Waals surface area contributed by atoms with E-state index in [-0.39, 0.29) is 24.3 Å². The van der Waals surface area contributed by atoms with E-state index >= 15 is 0 Å². The summed E-state index contributed by atoms with van der Waals surface area (Å²) in [6, 6.07) is 20.3. The Labute approximate surface area is 192 Å². The van der Waals surface area contributed by atoms with Crippen LogP contribution in [0.15, 0.2) is 84.8 Å². The summed E-state index contributed by atoms with van der Waals surface area (Å²) in [4.78, 5) is 45.5. The average molecular weight is 441 g/mol. The zero-order valence-electron chi connectivity index (χ0n) is 18.5. The largest absolute Gasteiger partial charge is 0.365 e. The molecule has 0 atom stereocenters. The molecule has 0 unspecified atom stereocenters. The third-order valence-corrected chi connectivity index (χ3v) is 5.35. The van der Waals surface area contributed by atoms with Crippen LogP contribution < -0.4 is 5.32 Å². The number of anilines is 1. The molecule has 0 saturated carbocycles. The van der Waals surface area contributed by atoms with Gasteiger partial charge in [0.2, 0.25) is 5.91 Å². The van der Waals surface area contributed by atoms with Crippen molar-refractivity contribution in [2.75, 3.05) is 12.4 Å². The number of imide groups is 1. The summed E-state index contributed by atoms with van der Waals surface area (Å²) < 4.78 is 0. The quantitative estimate of drug-likeness (QED) is 0.569. The van der Waals surface area contributed by atoms with Crippen LogP contribution in [0.2, 0.25) is 0 Å². The molecule has 3 amide bonds. The van der Waals surface area contributed by atoms with Crippen molar-refractivity contribution in [3.8, 4) is 0 Å². The molecule has 0 saturated heterocycles. The van der Waals surface area contributed by atoms with Crippen LogP contribution in [0.1, 0.15) is 23.6 Å². The lowest BCUT2D eigenvalue weighted by atomic mass is 10.0. The molecule has 0 spiro atoms. The highest BCUT2D eigenvalue weighted by molar-refractivity contribution is 6.35. The van der Waals surface area contributed by atoms with Crippen molar-refractivity contribution in [2.24, 2.45) is 0 Å². The maximum absolute atomic E-state index is 13.5. The van der Waals surface area contributed by atoms with Gasteiger partial charge < -0.3 is 10.2 Å². The smallest absolute Gasteiger partial charge is 0.278 e. The summed E-state index contributed by atoms with van der Waals surface area (Å²) in [7, 11) is 1.81. The summed E-state index contributed by atoms with van der Waals surface area (Å²) in [6.07, 6.45) is 3.30. The zero-order valence-corrected chi connectivity index (χ0v) is 18.5. The highest BCUT2D eigenvalue weighted by Gasteiger charge is 2.40. The standard InChI is InChI=1S/C26H24N4O3/c1-18(31)28-22-12-10-21(11-13-22)23-24(29(2)16-19-7-4-3-5-8-19)26(33)30(25(23)32)17-20-9-6-14-27-15-20/h3-15H,16-17H2,1-2H3,(H,28,31). The highest BCUT2D eigenvalue weighted by atomic mass is 16.2. The van der Waals surface area contributed by atoms with Gasteiger partial charge >= 0.3 is 0 Å². The van der Waals surface area contributed by atoms with E-state index in [0.717, 1.165) is 11.1 Å². The first-order valence-corrected chi connectivity index (χ1v) is 10.6. The van der Waals surface area contributed by atoms with Crippen molar-refractivity contribution in [3.05, 3.63) is 102 Å². The van der Waals surface area contributed by atoms with Gasteiger partial charge in [-0.15, -0.1) is 0 Å². The van der Waals surface area contributed by atoms with E-state index in [4.69, 9.17) is 0 Å². The number of amides is 3. The Morgan fingerprint density at radius 2 is 1.64 bits per heavy atom. The molecule has 0 bridgehead atoms. The Kier molecular flexibility index (Phi) is 6.31. The van der Waals surface area contributed by atoms with Gasteiger partial charge in [-0.1, -0.05) is 48.5 Å². The van der Waals surface area contributed by atoms with Crippen LogP contribution in [-0.4, -0.2) is 39.6 Å². The fraction of sp³-hybridized carbons (Fsp3) is 0.154. The summed E-state index contributed by atoms with van der Waals surface area (Å²) in [5.41, 5.74) is 3.73. The van der Waals surface area contributed by atoms with E-state index in [1.807, 2.05) is 48.3 Å². The fourth-order valence-electron chi connectivity index (χ4n) is 3.86. The predicted octanol–water partition coefficient (Wildman–Crippen LogP) is 3.45. The zero-order chi connectivity index (χ0) is 23.4. The van der Waals surface area contributed by atoms with Crippen molar-refractivity contribution in [1.29, 1.82) is 0 Å². The fourth-order valence-corrected chi connectivity index (χ4v) is 3.86. The average Bonchev–Trinajstić information content (AvgIpc) is 3.05. The number of carbonyl (C=O) groups is 3. The molecule has 1 N–H and O–H groups in total. The molecule has 0 radical (unpaired) electrons. The molecule has 3 aromatic rings. The molecule has 33 heavy (non-hydrogen) atoms. The van der Waals surface area contributed by atoms with E-state index in [1.54, 1.807) is 42.7 Å². The van der Waals surface area contributed by atoms with Crippen molar-refractivity contribution < 1.29 is 14.4 Å². The molecule has 7 heteroatoms. The van der Waals surface area contributed by atoms with Gasteiger partial charge in [-0.05, 0) is 34.9 Å². The van der Waals surface area contributed by atoms with Gasteiger partial charge in [0.1, 0.15) is 5.70 Å². The van der Waals surface area contributed by atoms with Crippen molar-refractivity contribution in [1.82, 2.24) is 14.8 Å². The van der Waals surface area contributed by atoms with Crippen LogP contribution in [0.3, 0.4) is 0 Å². The number of pyridine rings is 1. The van der Waals surface area contributed by atoms with Crippen LogP contribution in [0.5, 0.6) is 0 Å².